The van der Waals surface area contributed by atoms with Crippen molar-refractivity contribution in [1.29, 1.82) is 0 Å². The van der Waals surface area contributed by atoms with Crippen LogP contribution in [0.2, 0.25) is 0 Å². The quantitative estimate of drug-likeness (QED) is 0.240. The highest BCUT2D eigenvalue weighted by atomic mass is 31.1. The number of anilines is 2. The van der Waals surface area contributed by atoms with Crippen LogP contribution >= 0.6 is 8.22 Å². The Hall–Kier alpha value is -4.13. The van der Waals surface area contributed by atoms with Crippen LogP contribution in [0.3, 0.4) is 0 Å². The van der Waals surface area contributed by atoms with Crippen LogP contribution in [-0.4, -0.2) is 0 Å². The van der Waals surface area contributed by atoms with E-state index in [0.717, 1.165) is 0 Å². The maximum absolute atomic E-state index is 2.55. The summed E-state index contributed by atoms with van der Waals surface area (Å²) in [7, 11) is -0.953. The summed E-state index contributed by atoms with van der Waals surface area (Å²) in [6.07, 6.45) is 0. The molecule has 0 atom stereocenters. The Labute approximate surface area is 208 Å². The first-order valence-corrected chi connectivity index (χ1v) is 13.1. The van der Waals surface area contributed by atoms with E-state index in [1.165, 1.54) is 39.2 Å². The fourth-order valence-corrected chi connectivity index (χ4v) is 7.18. The van der Waals surface area contributed by atoms with Crippen molar-refractivity contribution in [3.63, 3.8) is 0 Å². The average Bonchev–Trinajstić information content (AvgIpc) is 3.32. The first kappa shape index (κ1) is 21.4. The molecule has 0 saturated carbocycles. The number of nitrogens with zero attached hydrogens (tertiary/aromatic N) is 2. The molecule has 5 aromatic rings. The molecule has 2 nitrogen and oxygen atoms in total. The fraction of sp³-hybridized carbons (Fsp3) is 0. The Morgan fingerprint density at radius 1 is 0.343 bits per heavy atom. The zero-order chi connectivity index (χ0) is 23.5. The van der Waals surface area contributed by atoms with E-state index < -0.39 is 8.22 Å². The van der Waals surface area contributed by atoms with Gasteiger partial charge in [0.25, 0.3) is 0 Å². The van der Waals surface area contributed by atoms with Crippen LogP contribution in [0.4, 0.5) is 11.4 Å². The first-order chi connectivity index (χ1) is 17.4. The van der Waals surface area contributed by atoms with E-state index in [2.05, 4.69) is 161 Å². The average molecular weight is 469 g/mol. The van der Waals surface area contributed by atoms with Gasteiger partial charge in [0.05, 0.1) is 11.4 Å². The van der Waals surface area contributed by atoms with E-state index in [9.17, 15) is 0 Å². The van der Waals surface area contributed by atoms with Crippen molar-refractivity contribution >= 4 is 36.3 Å². The zero-order valence-corrected chi connectivity index (χ0v) is 20.2. The third-order valence-electron chi connectivity index (χ3n) is 6.11. The third kappa shape index (κ3) is 4.03. The normalized spacial score (nSPS) is 13.9. The maximum Gasteiger partial charge on any atom is 0.138 e. The molecule has 0 unspecified atom stereocenters. The summed E-state index contributed by atoms with van der Waals surface area (Å²) < 4.78 is 5.10. The number of benzene rings is 5. The van der Waals surface area contributed by atoms with Gasteiger partial charge < -0.3 is 0 Å². The standard InChI is InChI=1S/C32H25N2P/c1-6-16-26(17-7-1)31-32(27-18-8-2-9-19-27)34(29-22-12-4-13-23-29)35(30-24-14-5-15-25-30)33(31)28-20-10-3-11-21-28/h1-25H. The lowest BCUT2D eigenvalue weighted by molar-refractivity contribution is 1.43. The predicted molar refractivity (Wildman–Crippen MR) is 151 cm³/mol. The van der Waals surface area contributed by atoms with Crippen LogP contribution < -0.4 is 14.6 Å². The van der Waals surface area contributed by atoms with Gasteiger partial charge in [-0.05, 0) is 24.3 Å². The van der Waals surface area contributed by atoms with Gasteiger partial charge in [-0.25, -0.2) is 0 Å². The molecule has 0 N–H and O–H groups in total. The molecule has 0 amide bonds. The molecule has 0 bridgehead atoms. The van der Waals surface area contributed by atoms with Gasteiger partial charge in [0.2, 0.25) is 0 Å². The topological polar surface area (TPSA) is 6.48 Å². The smallest absolute Gasteiger partial charge is 0.138 e. The predicted octanol–water partition coefficient (Wildman–Crippen LogP) is 8.18. The van der Waals surface area contributed by atoms with Crippen molar-refractivity contribution in [2.45, 2.75) is 0 Å². The summed E-state index contributed by atoms with van der Waals surface area (Å²) in [6.45, 7) is 0. The van der Waals surface area contributed by atoms with Crippen LogP contribution in [-0.2, 0) is 0 Å². The number of para-hydroxylation sites is 2. The molecular weight excluding hydrogens is 443 g/mol. The van der Waals surface area contributed by atoms with Gasteiger partial charge in [-0.1, -0.05) is 127 Å². The largest absolute Gasteiger partial charge is 0.296 e. The van der Waals surface area contributed by atoms with Gasteiger partial charge in [0.1, 0.15) is 8.22 Å². The monoisotopic (exact) mass is 468 g/mol. The summed E-state index contributed by atoms with van der Waals surface area (Å²) in [5.74, 6) is 0. The molecule has 0 radical (unpaired) electrons. The van der Waals surface area contributed by atoms with Crippen LogP contribution in [0.25, 0.3) is 11.4 Å². The second-order valence-electron chi connectivity index (χ2n) is 8.35. The summed E-state index contributed by atoms with van der Waals surface area (Å²) in [6, 6.07) is 54.1. The van der Waals surface area contributed by atoms with Crippen LogP contribution in [0, 0.1) is 0 Å². The summed E-state index contributed by atoms with van der Waals surface area (Å²) in [4.78, 5) is 0. The third-order valence-corrected chi connectivity index (χ3v) is 8.49. The SMILES string of the molecule is c1ccc(C2=C(c3ccccc3)N(c3ccccc3)P(c3ccccc3)N2c2ccccc2)cc1. The van der Waals surface area contributed by atoms with Gasteiger partial charge >= 0.3 is 0 Å². The lowest BCUT2D eigenvalue weighted by Crippen LogP contribution is -2.24. The molecule has 0 spiro atoms. The molecule has 0 saturated heterocycles. The molecular formula is C32H25N2P. The molecule has 1 heterocycles. The lowest BCUT2D eigenvalue weighted by Gasteiger charge is -2.34. The molecule has 5 aromatic carbocycles. The van der Waals surface area contributed by atoms with E-state index in [1.807, 2.05) is 0 Å². The highest BCUT2D eigenvalue weighted by Gasteiger charge is 2.42. The van der Waals surface area contributed by atoms with Gasteiger partial charge in [-0.3, -0.25) is 9.34 Å². The highest BCUT2D eigenvalue weighted by molar-refractivity contribution is 7.70. The van der Waals surface area contributed by atoms with Crippen molar-refractivity contribution < 1.29 is 0 Å². The highest BCUT2D eigenvalue weighted by Crippen LogP contribution is 2.62. The Morgan fingerprint density at radius 2 is 0.657 bits per heavy atom. The molecule has 0 fully saturated rings. The van der Waals surface area contributed by atoms with Gasteiger partial charge in [-0.2, -0.15) is 0 Å². The van der Waals surface area contributed by atoms with Crippen molar-refractivity contribution in [3.05, 3.63) is 163 Å². The molecule has 3 heteroatoms. The molecule has 1 aliphatic heterocycles. The minimum absolute atomic E-state index is 0.953. The molecule has 1 aliphatic rings. The van der Waals surface area contributed by atoms with Crippen molar-refractivity contribution in [2.24, 2.45) is 0 Å². The minimum atomic E-state index is -0.953. The molecule has 35 heavy (non-hydrogen) atoms. The summed E-state index contributed by atoms with van der Waals surface area (Å²) in [5.41, 5.74) is 7.24. The Kier molecular flexibility index (Phi) is 5.88. The second kappa shape index (κ2) is 9.62. The van der Waals surface area contributed by atoms with E-state index in [1.54, 1.807) is 0 Å². The summed E-state index contributed by atoms with van der Waals surface area (Å²) >= 11 is 0. The van der Waals surface area contributed by atoms with Gasteiger partial charge in [0.15, 0.2) is 0 Å². The van der Waals surface area contributed by atoms with Gasteiger partial charge in [0, 0.05) is 27.8 Å². The number of rotatable bonds is 5. The maximum atomic E-state index is 2.55. The van der Waals surface area contributed by atoms with E-state index in [0.29, 0.717) is 0 Å². The van der Waals surface area contributed by atoms with E-state index >= 15 is 0 Å². The van der Waals surface area contributed by atoms with Crippen LogP contribution in [0.5, 0.6) is 0 Å². The molecule has 6 rings (SSSR count). The molecule has 168 valence electrons. The second-order valence-corrected chi connectivity index (χ2v) is 10.2. The van der Waals surface area contributed by atoms with Crippen LogP contribution in [0.15, 0.2) is 152 Å². The fourth-order valence-electron chi connectivity index (χ4n) is 4.60. The Morgan fingerprint density at radius 3 is 1.03 bits per heavy atom. The molecule has 0 aromatic heterocycles. The van der Waals surface area contributed by atoms with E-state index in [4.69, 9.17) is 0 Å². The van der Waals surface area contributed by atoms with Crippen molar-refractivity contribution in [3.8, 4) is 0 Å². The van der Waals surface area contributed by atoms with Crippen molar-refractivity contribution in [1.82, 2.24) is 0 Å². The molecule has 0 aliphatic carbocycles. The Balaban J connectivity index is 1.72. The summed E-state index contributed by atoms with van der Waals surface area (Å²) in [5, 5.41) is 1.30. The van der Waals surface area contributed by atoms with Gasteiger partial charge in [-0.15, -0.1) is 0 Å². The number of hydrogen-bond donors (Lipinski definition) is 0. The zero-order valence-electron chi connectivity index (χ0n) is 19.3. The minimum Gasteiger partial charge on any atom is -0.296 e. The first-order valence-electron chi connectivity index (χ1n) is 11.8. The van der Waals surface area contributed by atoms with Crippen molar-refractivity contribution in [2.75, 3.05) is 9.34 Å². The Bertz CT molecular complexity index is 1330. The van der Waals surface area contributed by atoms with E-state index in [-0.39, 0.29) is 0 Å². The van der Waals surface area contributed by atoms with Crippen LogP contribution in [0.1, 0.15) is 11.1 Å². The lowest BCUT2D eigenvalue weighted by atomic mass is 10.0. The number of hydrogen-bond acceptors (Lipinski definition) is 2.